The molecule has 0 aromatic rings. The van der Waals surface area contributed by atoms with Gasteiger partial charge in [-0.05, 0) is 11.8 Å². The standard InChI is InChI=1S/C12H18O5/c1-9(3-5-11(13)14)7-17-8-10(2)4-6-12(15)16/h3-6,9-10H,7-8H2,1-2H3,(H,13,14)(H,15,16). The highest BCUT2D eigenvalue weighted by Crippen LogP contribution is 2.02. The Morgan fingerprint density at radius 1 is 1.00 bits per heavy atom. The SMILES string of the molecule is CC(C=CC(=O)O)COCC(C)C=CC(=O)O. The van der Waals surface area contributed by atoms with E-state index in [4.69, 9.17) is 14.9 Å². The summed E-state index contributed by atoms with van der Waals surface area (Å²) in [5, 5.41) is 16.8. The molecule has 2 N–H and O–H groups in total. The summed E-state index contributed by atoms with van der Waals surface area (Å²) in [6.45, 7) is 4.51. The highest BCUT2D eigenvalue weighted by Gasteiger charge is 2.02. The third-order valence-electron chi connectivity index (χ3n) is 1.90. The predicted molar refractivity (Wildman–Crippen MR) is 62.7 cm³/mol. The lowest BCUT2D eigenvalue weighted by Crippen LogP contribution is -2.09. The van der Waals surface area contributed by atoms with E-state index in [2.05, 4.69) is 0 Å². The summed E-state index contributed by atoms with van der Waals surface area (Å²) in [5.74, 6) is -1.92. The number of aliphatic carboxylic acids is 2. The van der Waals surface area contributed by atoms with Gasteiger partial charge in [0.05, 0.1) is 13.2 Å². The van der Waals surface area contributed by atoms with Gasteiger partial charge < -0.3 is 14.9 Å². The molecule has 0 heterocycles. The molecule has 0 saturated carbocycles. The fourth-order valence-corrected chi connectivity index (χ4v) is 1.04. The van der Waals surface area contributed by atoms with Crippen molar-refractivity contribution >= 4 is 11.9 Å². The fraction of sp³-hybridized carbons (Fsp3) is 0.500. The van der Waals surface area contributed by atoms with Crippen molar-refractivity contribution in [1.29, 1.82) is 0 Å². The van der Waals surface area contributed by atoms with E-state index in [1.54, 1.807) is 12.2 Å². The van der Waals surface area contributed by atoms with Crippen LogP contribution in [0.1, 0.15) is 13.8 Å². The summed E-state index contributed by atoms with van der Waals surface area (Å²) in [7, 11) is 0. The van der Waals surface area contributed by atoms with E-state index in [-0.39, 0.29) is 11.8 Å². The summed E-state index contributed by atoms with van der Waals surface area (Å²) in [5.41, 5.74) is 0. The second-order valence-electron chi connectivity index (χ2n) is 3.89. The van der Waals surface area contributed by atoms with Crippen LogP contribution in [0, 0.1) is 11.8 Å². The van der Waals surface area contributed by atoms with Crippen LogP contribution in [0.4, 0.5) is 0 Å². The molecule has 0 aliphatic heterocycles. The van der Waals surface area contributed by atoms with Crippen molar-refractivity contribution < 1.29 is 24.5 Å². The van der Waals surface area contributed by atoms with Crippen LogP contribution in [0.3, 0.4) is 0 Å². The van der Waals surface area contributed by atoms with E-state index in [1.807, 2.05) is 13.8 Å². The van der Waals surface area contributed by atoms with Crippen molar-refractivity contribution in [3.8, 4) is 0 Å². The summed E-state index contributed by atoms with van der Waals surface area (Å²) in [6.07, 6.45) is 5.28. The monoisotopic (exact) mass is 242 g/mol. The molecule has 0 rings (SSSR count). The van der Waals surface area contributed by atoms with Crippen LogP contribution in [0.2, 0.25) is 0 Å². The zero-order chi connectivity index (χ0) is 13.3. The zero-order valence-corrected chi connectivity index (χ0v) is 10.00. The molecule has 0 aromatic carbocycles. The van der Waals surface area contributed by atoms with Crippen LogP contribution in [0.15, 0.2) is 24.3 Å². The van der Waals surface area contributed by atoms with Gasteiger partial charge in [-0.3, -0.25) is 0 Å². The minimum absolute atomic E-state index is 0.0155. The summed E-state index contributed by atoms with van der Waals surface area (Å²) in [6, 6.07) is 0. The first-order valence-electron chi connectivity index (χ1n) is 5.31. The molecule has 0 spiro atoms. The summed E-state index contributed by atoms with van der Waals surface area (Å²) in [4.78, 5) is 20.5. The molecule has 0 bridgehead atoms. The third kappa shape index (κ3) is 10.7. The molecule has 0 fully saturated rings. The molecule has 0 radical (unpaired) electrons. The second kappa shape index (κ2) is 8.52. The van der Waals surface area contributed by atoms with Crippen LogP contribution in [-0.2, 0) is 14.3 Å². The van der Waals surface area contributed by atoms with Crippen LogP contribution in [0.5, 0.6) is 0 Å². The Hall–Kier alpha value is -1.62. The molecule has 2 unspecified atom stereocenters. The molecule has 0 aliphatic carbocycles. The van der Waals surface area contributed by atoms with Gasteiger partial charge in [0.1, 0.15) is 0 Å². The normalized spacial score (nSPS) is 15.2. The first kappa shape index (κ1) is 15.4. The van der Waals surface area contributed by atoms with Crippen molar-refractivity contribution in [2.24, 2.45) is 11.8 Å². The molecule has 96 valence electrons. The predicted octanol–water partition coefficient (Wildman–Crippen LogP) is 1.56. The Bertz CT molecular complexity index is 276. The lowest BCUT2D eigenvalue weighted by Gasteiger charge is -2.10. The molecular weight excluding hydrogens is 224 g/mol. The Morgan fingerprint density at radius 3 is 1.65 bits per heavy atom. The average Bonchev–Trinajstić information content (AvgIpc) is 2.23. The van der Waals surface area contributed by atoms with Crippen molar-refractivity contribution in [2.45, 2.75) is 13.8 Å². The minimum atomic E-state index is -0.977. The summed E-state index contributed by atoms with van der Waals surface area (Å²) >= 11 is 0. The van der Waals surface area contributed by atoms with Gasteiger partial charge in [0.15, 0.2) is 0 Å². The number of carboxylic acid groups (broad SMARTS) is 2. The number of rotatable bonds is 8. The lowest BCUT2D eigenvalue weighted by atomic mass is 10.1. The number of hydrogen-bond acceptors (Lipinski definition) is 3. The highest BCUT2D eigenvalue weighted by atomic mass is 16.5. The first-order valence-corrected chi connectivity index (χ1v) is 5.31. The lowest BCUT2D eigenvalue weighted by molar-refractivity contribution is -0.132. The molecule has 0 aliphatic rings. The van der Waals surface area contributed by atoms with Crippen molar-refractivity contribution in [3.63, 3.8) is 0 Å². The molecule has 0 saturated heterocycles. The molecule has 2 atom stereocenters. The van der Waals surface area contributed by atoms with Crippen molar-refractivity contribution in [3.05, 3.63) is 24.3 Å². The minimum Gasteiger partial charge on any atom is -0.478 e. The Morgan fingerprint density at radius 2 is 1.35 bits per heavy atom. The van der Waals surface area contributed by atoms with Gasteiger partial charge in [0.25, 0.3) is 0 Å². The van der Waals surface area contributed by atoms with Crippen LogP contribution in [0.25, 0.3) is 0 Å². The third-order valence-corrected chi connectivity index (χ3v) is 1.90. The maximum Gasteiger partial charge on any atom is 0.327 e. The van der Waals surface area contributed by atoms with Gasteiger partial charge in [-0.1, -0.05) is 26.0 Å². The van der Waals surface area contributed by atoms with Gasteiger partial charge in [-0.15, -0.1) is 0 Å². The highest BCUT2D eigenvalue weighted by molar-refractivity contribution is 5.80. The molecule has 0 amide bonds. The summed E-state index contributed by atoms with van der Waals surface area (Å²) < 4.78 is 5.33. The fourth-order valence-electron chi connectivity index (χ4n) is 1.04. The molecule has 5 nitrogen and oxygen atoms in total. The second-order valence-corrected chi connectivity index (χ2v) is 3.89. The average molecular weight is 242 g/mol. The maximum atomic E-state index is 10.2. The van der Waals surface area contributed by atoms with Gasteiger partial charge in [-0.2, -0.15) is 0 Å². The Balaban J connectivity index is 3.76. The van der Waals surface area contributed by atoms with Crippen LogP contribution >= 0.6 is 0 Å². The molecule has 5 heteroatoms. The van der Waals surface area contributed by atoms with Gasteiger partial charge >= 0.3 is 11.9 Å². The topological polar surface area (TPSA) is 83.8 Å². The first-order chi connectivity index (χ1) is 7.91. The Kier molecular flexibility index (Phi) is 7.71. The number of carbonyl (C=O) groups is 2. The number of carboxylic acids is 2. The molecule has 0 aromatic heterocycles. The van der Waals surface area contributed by atoms with Crippen LogP contribution < -0.4 is 0 Å². The Labute approximate surface area is 100 Å². The van der Waals surface area contributed by atoms with E-state index in [1.165, 1.54) is 0 Å². The number of hydrogen-bond donors (Lipinski definition) is 2. The van der Waals surface area contributed by atoms with Crippen LogP contribution in [-0.4, -0.2) is 35.4 Å². The van der Waals surface area contributed by atoms with Crippen molar-refractivity contribution in [1.82, 2.24) is 0 Å². The quantitative estimate of drug-likeness (QED) is 0.631. The van der Waals surface area contributed by atoms with Gasteiger partial charge in [0, 0.05) is 12.2 Å². The maximum absolute atomic E-state index is 10.2. The van der Waals surface area contributed by atoms with Gasteiger partial charge in [-0.25, -0.2) is 9.59 Å². The molecular formula is C12H18O5. The van der Waals surface area contributed by atoms with E-state index < -0.39 is 11.9 Å². The largest absolute Gasteiger partial charge is 0.478 e. The number of ether oxygens (including phenoxy) is 1. The molecule has 17 heavy (non-hydrogen) atoms. The van der Waals surface area contributed by atoms with E-state index in [0.29, 0.717) is 13.2 Å². The smallest absolute Gasteiger partial charge is 0.327 e. The van der Waals surface area contributed by atoms with Gasteiger partial charge in [0.2, 0.25) is 0 Å². The van der Waals surface area contributed by atoms with Crippen molar-refractivity contribution in [2.75, 3.05) is 13.2 Å². The van der Waals surface area contributed by atoms with E-state index in [0.717, 1.165) is 12.2 Å². The zero-order valence-electron chi connectivity index (χ0n) is 10.00. The van der Waals surface area contributed by atoms with E-state index in [9.17, 15) is 9.59 Å². The van der Waals surface area contributed by atoms with E-state index >= 15 is 0 Å².